The SMILES string of the molecule is COC1(c2cccc(C(F)(F)F)c2)CCCNC1. The smallest absolute Gasteiger partial charge is 0.372 e. The number of hydrogen-bond acceptors (Lipinski definition) is 2. The molecule has 1 aliphatic rings. The van der Waals surface area contributed by atoms with Gasteiger partial charge in [0.15, 0.2) is 0 Å². The maximum atomic E-state index is 12.7. The van der Waals surface area contributed by atoms with Gasteiger partial charge in [0.2, 0.25) is 0 Å². The van der Waals surface area contributed by atoms with Crippen LogP contribution in [0.2, 0.25) is 0 Å². The second kappa shape index (κ2) is 4.90. The van der Waals surface area contributed by atoms with E-state index in [4.69, 9.17) is 4.74 Å². The van der Waals surface area contributed by atoms with Crippen LogP contribution in [0.3, 0.4) is 0 Å². The summed E-state index contributed by atoms with van der Waals surface area (Å²) >= 11 is 0. The van der Waals surface area contributed by atoms with E-state index in [0.29, 0.717) is 12.1 Å². The lowest BCUT2D eigenvalue weighted by Crippen LogP contribution is -2.44. The van der Waals surface area contributed by atoms with Gasteiger partial charge in [0.1, 0.15) is 5.60 Å². The minimum atomic E-state index is -4.31. The van der Waals surface area contributed by atoms with Gasteiger partial charge in [-0.1, -0.05) is 12.1 Å². The van der Waals surface area contributed by atoms with E-state index < -0.39 is 17.3 Å². The Hall–Kier alpha value is -1.07. The summed E-state index contributed by atoms with van der Waals surface area (Å²) in [5.41, 5.74) is -0.673. The van der Waals surface area contributed by atoms with Crippen LogP contribution < -0.4 is 5.32 Å². The summed E-state index contributed by atoms with van der Waals surface area (Å²) in [7, 11) is 1.55. The Kier molecular flexibility index (Phi) is 3.64. The van der Waals surface area contributed by atoms with Gasteiger partial charge in [-0.25, -0.2) is 0 Å². The summed E-state index contributed by atoms with van der Waals surface area (Å²) in [5, 5.41) is 3.18. The molecule has 0 bridgehead atoms. The molecule has 1 fully saturated rings. The molecule has 0 amide bonds. The molecule has 0 spiro atoms. The number of ether oxygens (including phenoxy) is 1. The molecular formula is C13H16F3NO. The average Bonchev–Trinajstić information content (AvgIpc) is 2.39. The van der Waals surface area contributed by atoms with E-state index in [-0.39, 0.29) is 0 Å². The molecule has 0 radical (unpaired) electrons. The van der Waals surface area contributed by atoms with Crippen LogP contribution in [-0.2, 0) is 16.5 Å². The molecule has 1 heterocycles. The summed E-state index contributed by atoms with van der Waals surface area (Å²) in [6.45, 7) is 1.43. The topological polar surface area (TPSA) is 21.3 Å². The largest absolute Gasteiger partial charge is 0.416 e. The van der Waals surface area contributed by atoms with Gasteiger partial charge in [0.05, 0.1) is 5.56 Å². The van der Waals surface area contributed by atoms with Crippen molar-refractivity contribution in [2.24, 2.45) is 0 Å². The molecule has 1 aromatic carbocycles. The standard InChI is InChI=1S/C13H16F3NO/c1-18-12(6-3-7-17-9-12)10-4-2-5-11(8-10)13(14,15)16/h2,4-5,8,17H,3,6-7,9H2,1H3. The summed E-state index contributed by atoms with van der Waals surface area (Å²) in [4.78, 5) is 0. The Bertz CT molecular complexity index is 411. The highest BCUT2D eigenvalue weighted by Gasteiger charge is 2.37. The normalized spacial score (nSPS) is 25.1. The predicted octanol–water partition coefficient (Wildman–Crippen LogP) is 2.93. The van der Waals surface area contributed by atoms with E-state index >= 15 is 0 Å². The van der Waals surface area contributed by atoms with Crippen LogP contribution in [0.25, 0.3) is 0 Å². The van der Waals surface area contributed by atoms with Crippen molar-refractivity contribution in [2.75, 3.05) is 20.2 Å². The summed E-state index contributed by atoms with van der Waals surface area (Å²) in [6.07, 6.45) is -2.69. The summed E-state index contributed by atoms with van der Waals surface area (Å²) in [5.74, 6) is 0. The minimum absolute atomic E-state index is 0.546. The van der Waals surface area contributed by atoms with Gasteiger partial charge >= 0.3 is 6.18 Å². The van der Waals surface area contributed by atoms with Crippen LogP contribution in [0.15, 0.2) is 24.3 Å². The highest BCUT2D eigenvalue weighted by atomic mass is 19.4. The lowest BCUT2D eigenvalue weighted by atomic mass is 9.85. The van der Waals surface area contributed by atoms with E-state index in [1.54, 1.807) is 13.2 Å². The Morgan fingerprint density at radius 2 is 2.11 bits per heavy atom. The van der Waals surface area contributed by atoms with Crippen molar-refractivity contribution in [2.45, 2.75) is 24.6 Å². The monoisotopic (exact) mass is 259 g/mol. The number of rotatable bonds is 2. The van der Waals surface area contributed by atoms with Crippen LogP contribution in [0, 0.1) is 0 Å². The van der Waals surface area contributed by atoms with Crippen molar-refractivity contribution in [3.05, 3.63) is 35.4 Å². The zero-order chi connectivity index (χ0) is 13.2. The van der Waals surface area contributed by atoms with Crippen molar-refractivity contribution < 1.29 is 17.9 Å². The number of piperidine rings is 1. The zero-order valence-corrected chi connectivity index (χ0v) is 10.2. The Labute approximate surface area is 104 Å². The fourth-order valence-corrected chi connectivity index (χ4v) is 2.40. The molecule has 1 aromatic rings. The zero-order valence-electron chi connectivity index (χ0n) is 10.2. The second-order valence-electron chi connectivity index (χ2n) is 4.56. The first-order valence-electron chi connectivity index (χ1n) is 5.91. The lowest BCUT2D eigenvalue weighted by Gasteiger charge is -2.37. The van der Waals surface area contributed by atoms with Crippen LogP contribution >= 0.6 is 0 Å². The maximum absolute atomic E-state index is 12.7. The summed E-state index contributed by atoms with van der Waals surface area (Å²) in [6, 6.07) is 5.42. The van der Waals surface area contributed by atoms with Crippen molar-refractivity contribution in [3.63, 3.8) is 0 Å². The van der Waals surface area contributed by atoms with Crippen molar-refractivity contribution in [1.82, 2.24) is 5.32 Å². The first kappa shape index (κ1) is 13.4. The minimum Gasteiger partial charge on any atom is -0.372 e. The number of hydrogen-bond donors (Lipinski definition) is 1. The van der Waals surface area contributed by atoms with Crippen LogP contribution in [-0.4, -0.2) is 20.2 Å². The van der Waals surface area contributed by atoms with E-state index in [9.17, 15) is 13.2 Å². The van der Waals surface area contributed by atoms with Gasteiger partial charge in [-0.05, 0) is 37.1 Å². The molecule has 0 saturated carbocycles. The third kappa shape index (κ3) is 2.52. The van der Waals surface area contributed by atoms with E-state index in [0.717, 1.165) is 25.5 Å². The quantitative estimate of drug-likeness (QED) is 0.881. The molecule has 2 nitrogen and oxygen atoms in total. The predicted molar refractivity (Wildman–Crippen MR) is 62.2 cm³/mol. The first-order chi connectivity index (χ1) is 8.48. The molecule has 18 heavy (non-hydrogen) atoms. The molecule has 1 aliphatic heterocycles. The highest BCUT2D eigenvalue weighted by molar-refractivity contribution is 5.31. The molecule has 0 aliphatic carbocycles. The molecule has 1 N–H and O–H groups in total. The Balaban J connectivity index is 2.37. The Morgan fingerprint density at radius 1 is 1.33 bits per heavy atom. The molecular weight excluding hydrogens is 243 g/mol. The van der Waals surface area contributed by atoms with Gasteiger partial charge in [-0.2, -0.15) is 13.2 Å². The van der Waals surface area contributed by atoms with Crippen LogP contribution in [0.4, 0.5) is 13.2 Å². The third-order valence-corrected chi connectivity index (χ3v) is 3.45. The van der Waals surface area contributed by atoms with Crippen molar-refractivity contribution in [1.29, 1.82) is 0 Å². The fraction of sp³-hybridized carbons (Fsp3) is 0.538. The maximum Gasteiger partial charge on any atom is 0.416 e. The number of benzene rings is 1. The molecule has 1 atom stereocenters. The third-order valence-electron chi connectivity index (χ3n) is 3.45. The first-order valence-corrected chi connectivity index (χ1v) is 5.91. The number of halogens is 3. The van der Waals surface area contributed by atoms with E-state index in [1.807, 2.05) is 0 Å². The fourth-order valence-electron chi connectivity index (χ4n) is 2.40. The second-order valence-corrected chi connectivity index (χ2v) is 4.56. The van der Waals surface area contributed by atoms with Gasteiger partial charge in [0.25, 0.3) is 0 Å². The summed E-state index contributed by atoms with van der Waals surface area (Å²) < 4.78 is 43.6. The number of nitrogens with one attached hydrogen (secondary N) is 1. The molecule has 0 aromatic heterocycles. The van der Waals surface area contributed by atoms with Gasteiger partial charge < -0.3 is 10.1 Å². The van der Waals surface area contributed by atoms with Crippen molar-refractivity contribution in [3.8, 4) is 0 Å². The van der Waals surface area contributed by atoms with Crippen LogP contribution in [0.1, 0.15) is 24.0 Å². The van der Waals surface area contributed by atoms with E-state index in [1.165, 1.54) is 12.1 Å². The average molecular weight is 259 g/mol. The molecule has 1 saturated heterocycles. The number of methoxy groups -OCH3 is 1. The highest BCUT2D eigenvalue weighted by Crippen LogP contribution is 2.36. The van der Waals surface area contributed by atoms with Crippen molar-refractivity contribution >= 4 is 0 Å². The van der Waals surface area contributed by atoms with E-state index in [2.05, 4.69) is 5.32 Å². The van der Waals surface area contributed by atoms with Gasteiger partial charge in [-0.15, -0.1) is 0 Å². The lowest BCUT2D eigenvalue weighted by molar-refractivity contribution is -0.137. The van der Waals surface area contributed by atoms with Gasteiger partial charge in [-0.3, -0.25) is 0 Å². The number of alkyl halides is 3. The Morgan fingerprint density at radius 3 is 2.67 bits per heavy atom. The molecule has 2 rings (SSSR count). The van der Waals surface area contributed by atoms with Gasteiger partial charge in [0, 0.05) is 13.7 Å². The molecule has 1 unspecified atom stereocenters. The molecule has 5 heteroatoms. The molecule has 100 valence electrons. The van der Waals surface area contributed by atoms with Crippen LogP contribution in [0.5, 0.6) is 0 Å².